The number of hydrogen-bond donors (Lipinski definition) is 1. The van der Waals surface area contributed by atoms with E-state index in [0.29, 0.717) is 18.8 Å². The maximum absolute atomic E-state index is 11.4. The van der Waals surface area contributed by atoms with Crippen LogP contribution in [0, 0.1) is 20.8 Å². The zero-order chi connectivity index (χ0) is 13.7. The smallest absolute Gasteiger partial charge is 0.221 e. The van der Waals surface area contributed by atoms with Crippen molar-refractivity contribution in [3.63, 3.8) is 0 Å². The quantitative estimate of drug-likeness (QED) is 0.835. The summed E-state index contributed by atoms with van der Waals surface area (Å²) in [5.74, 6) is 1.25. The molecule has 1 N–H and O–H groups in total. The zero-order valence-corrected chi connectivity index (χ0v) is 12.1. The van der Waals surface area contributed by atoms with Crippen LogP contribution in [-0.4, -0.2) is 18.9 Å². The molecule has 0 bridgehead atoms. The molecule has 0 saturated heterocycles. The van der Waals surface area contributed by atoms with Crippen LogP contribution < -0.4 is 10.1 Å². The number of carbonyl (C=O) groups excluding carboxylic acids is 1. The van der Waals surface area contributed by atoms with E-state index in [0.717, 1.165) is 28.0 Å². The molecule has 0 unspecified atom stereocenters. The molecule has 18 heavy (non-hydrogen) atoms. The van der Waals surface area contributed by atoms with Gasteiger partial charge in [0.1, 0.15) is 5.75 Å². The average Bonchev–Trinajstić information content (AvgIpc) is 2.33. The summed E-state index contributed by atoms with van der Waals surface area (Å²) >= 11 is 5.52. The van der Waals surface area contributed by atoms with Gasteiger partial charge in [-0.15, -0.1) is 11.6 Å². The van der Waals surface area contributed by atoms with E-state index in [9.17, 15) is 4.79 Å². The van der Waals surface area contributed by atoms with Crippen LogP contribution in [-0.2, 0) is 11.3 Å². The molecule has 1 aromatic rings. The number of carbonyl (C=O) groups is 1. The number of hydrogen-bond acceptors (Lipinski definition) is 2. The molecule has 0 radical (unpaired) electrons. The minimum absolute atomic E-state index is 0.0180. The fourth-order valence-electron chi connectivity index (χ4n) is 2.01. The molecule has 0 saturated carbocycles. The number of methoxy groups -OCH3 is 1. The molecule has 0 aliphatic carbocycles. The van der Waals surface area contributed by atoms with Gasteiger partial charge in [-0.3, -0.25) is 4.79 Å². The summed E-state index contributed by atoms with van der Waals surface area (Å²) in [6.07, 6.45) is 0.356. The fourth-order valence-corrected chi connectivity index (χ4v) is 2.18. The monoisotopic (exact) mass is 269 g/mol. The van der Waals surface area contributed by atoms with Crippen molar-refractivity contribution in [2.45, 2.75) is 33.7 Å². The summed E-state index contributed by atoms with van der Waals surface area (Å²) in [5, 5.41) is 2.87. The first-order valence-electron chi connectivity index (χ1n) is 5.97. The van der Waals surface area contributed by atoms with Gasteiger partial charge in [0.05, 0.1) is 7.11 Å². The van der Waals surface area contributed by atoms with Crippen LogP contribution in [0.2, 0.25) is 0 Å². The van der Waals surface area contributed by atoms with Gasteiger partial charge in [0.2, 0.25) is 5.91 Å². The number of benzene rings is 1. The molecule has 0 atom stereocenters. The fraction of sp³-hybridized carbons (Fsp3) is 0.500. The lowest BCUT2D eigenvalue weighted by Crippen LogP contribution is -2.23. The van der Waals surface area contributed by atoms with Crippen LogP contribution >= 0.6 is 11.6 Å². The third-order valence-corrected chi connectivity index (χ3v) is 3.32. The van der Waals surface area contributed by atoms with Gasteiger partial charge in [0, 0.05) is 18.8 Å². The molecule has 100 valence electrons. The Morgan fingerprint density at radius 1 is 1.33 bits per heavy atom. The highest BCUT2D eigenvalue weighted by Gasteiger charge is 2.11. The predicted octanol–water partition coefficient (Wildman–Crippen LogP) is 2.87. The largest absolute Gasteiger partial charge is 0.496 e. The standard InChI is InChI=1S/C14H20ClNO2/c1-9-7-12(8-16-13(17)5-6-15)10(2)11(3)14(9)18-4/h7H,5-6,8H2,1-4H3,(H,16,17). The average molecular weight is 270 g/mol. The normalized spacial score (nSPS) is 10.3. The Bertz CT molecular complexity index is 444. The van der Waals surface area contributed by atoms with Crippen LogP contribution in [0.4, 0.5) is 0 Å². The van der Waals surface area contributed by atoms with Crippen molar-refractivity contribution in [3.05, 3.63) is 28.3 Å². The molecule has 0 aromatic heterocycles. The van der Waals surface area contributed by atoms with Crippen molar-refractivity contribution in [1.29, 1.82) is 0 Å². The summed E-state index contributed by atoms with van der Waals surface area (Å²) in [5.41, 5.74) is 4.48. The van der Waals surface area contributed by atoms with E-state index in [1.807, 2.05) is 20.8 Å². The lowest BCUT2D eigenvalue weighted by atomic mass is 9.98. The molecule has 0 spiro atoms. The Kier molecular flexibility index (Phi) is 5.48. The highest BCUT2D eigenvalue weighted by atomic mass is 35.5. The number of aryl methyl sites for hydroxylation is 1. The molecular weight excluding hydrogens is 250 g/mol. The van der Waals surface area contributed by atoms with Crippen molar-refractivity contribution in [2.75, 3.05) is 13.0 Å². The van der Waals surface area contributed by atoms with Crippen LogP contribution in [0.1, 0.15) is 28.7 Å². The van der Waals surface area contributed by atoms with Crippen molar-refractivity contribution < 1.29 is 9.53 Å². The number of ether oxygens (including phenoxy) is 1. The zero-order valence-electron chi connectivity index (χ0n) is 11.4. The lowest BCUT2D eigenvalue weighted by molar-refractivity contribution is -0.120. The number of rotatable bonds is 5. The van der Waals surface area contributed by atoms with Gasteiger partial charge in [-0.25, -0.2) is 0 Å². The van der Waals surface area contributed by atoms with Crippen LogP contribution in [0.3, 0.4) is 0 Å². The summed E-state index contributed by atoms with van der Waals surface area (Å²) in [7, 11) is 1.68. The molecule has 1 rings (SSSR count). The first-order chi connectivity index (χ1) is 8.51. The van der Waals surface area contributed by atoms with Gasteiger partial charge in [0.15, 0.2) is 0 Å². The van der Waals surface area contributed by atoms with E-state index in [2.05, 4.69) is 11.4 Å². The van der Waals surface area contributed by atoms with Crippen molar-refractivity contribution in [3.8, 4) is 5.75 Å². The minimum Gasteiger partial charge on any atom is -0.496 e. The van der Waals surface area contributed by atoms with Crippen molar-refractivity contribution in [2.24, 2.45) is 0 Å². The molecule has 0 heterocycles. The number of amides is 1. The second kappa shape index (κ2) is 6.64. The van der Waals surface area contributed by atoms with Crippen LogP contribution in [0.5, 0.6) is 5.75 Å². The van der Waals surface area contributed by atoms with E-state index in [-0.39, 0.29) is 5.91 Å². The molecule has 1 aromatic carbocycles. The van der Waals surface area contributed by atoms with Gasteiger partial charge in [-0.05, 0) is 43.0 Å². The second-order valence-electron chi connectivity index (χ2n) is 4.35. The SMILES string of the molecule is COc1c(C)cc(CNC(=O)CCCl)c(C)c1C. The Balaban J connectivity index is 2.88. The Morgan fingerprint density at radius 2 is 2.00 bits per heavy atom. The number of alkyl halides is 1. The number of nitrogens with one attached hydrogen (secondary N) is 1. The lowest BCUT2D eigenvalue weighted by Gasteiger charge is -2.16. The molecule has 0 aliphatic rings. The van der Waals surface area contributed by atoms with Crippen molar-refractivity contribution >= 4 is 17.5 Å². The van der Waals surface area contributed by atoms with Crippen molar-refractivity contribution in [1.82, 2.24) is 5.32 Å². The van der Waals surface area contributed by atoms with Gasteiger partial charge < -0.3 is 10.1 Å². The summed E-state index contributed by atoms with van der Waals surface area (Å²) in [4.78, 5) is 11.4. The Labute approximate surface area is 113 Å². The van der Waals surface area contributed by atoms with E-state index >= 15 is 0 Å². The van der Waals surface area contributed by atoms with E-state index in [1.165, 1.54) is 0 Å². The molecule has 0 aliphatic heterocycles. The van der Waals surface area contributed by atoms with E-state index in [1.54, 1.807) is 7.11 Å². The highest BCUT2D eigenvalue weighted by Crippen LogP contribution is 2.28. The maximum Gasteiger partial charge on any atom is 0.221 e. The van der Waals surface area contributed by atoms with E-state index in [4.69, 9.17) is 16.3 Å². The topological polar surface area (TPSA) is 38.3 Å². The number of halogens is 1. The second-order valence-corrected chi connectivity index (χ2v) is 4.73. The van der Waals surface area contributed by atoms with Gasteiger partial charge in [-0.2, -0.15) is 0 Å². The summed E-state index contributed by atoms with van der Waals surface area (Å²) < 4.78 is 5.37. The summed E-state index contributed by atoms with van der Waals surface area (Å²) in [6, 6.07) is 2.06. The Hall–Kier alpha value is -1.22. The Morgan fingerprint density at radius 3 is 2.56 bits per heavy atom. The minimum atomic E-state index is -0.0180. The van der Waals surface area contributed by atoms with Gasteiger partial charge in [-0.1, -0.05) is 6.07 Å². The third kappa shape index (κ3) is 3.39. The molecule has 0 fully saturated rings. The third-order valence-electron chi connectivity index (χ3n) is 3.14. The predicted molar refractivity (Wildman–Crippen MR) is 74.4 cm³/mol. The molecule has 4 heteroatoms. The molecule has 3 nitrogen and oxygen atoms in total. The van der Waals surface area contributed by atoms with Crippen LogP contribution in [0.25, 0.3) is 0 Å². The van der Waals surface area contributed by atoms with Crippen LogP contribution in [0.15, 0.2) is 6.07 Å². The maximum atomic E-state index is 11.4. The van der Waals surface area contributed by atoms with Gasteiger partial charge >= 0.3 is 0 Å². The first-order valence-corrected chi connectivity index (χ1v) is 6.51. The highest BCUT2D eigenvalue weighted by molar-refractivity contribution is 6.18. The van der Waals surface area contributed by atoms with E-state index < -0.39 is 0 Å². The first kappa shape index (κ1) is 14.8. The summed E-state index contributed by atoms with van der Waals surface area (Å²) in [6.45, 7) is 6.62. The van der Waals surface area contributed by atoms with Gasteiger partial charge in [0.25, 0.3) is 0 Å². The molecular formula is C14H20ClNO2. The molecule has 1 amide bonds.